The standard InChI is InChI=1S/C53H35N3O/c1-4-17-36(18-5-1)41-24-12-14-29-47(41)56(48-30-15-13-26-43(48)44-27-16-28-46-52(44)57-53(54-46)38-20-6-2-7-21-38)40-32-33-45-50(35-40)55(39-22-8-3-9-23-39)49-34-31-37-19-10-11-25-42(37)51(45)49/h1-35H. The highest BCUT2D eigenvalue weighted by Crippen LogP contribution is 2.48. The number of oxazole rings is 1. The quantitative estimate of drug-likeness (QED) is 0.164. The maximum atomic E-state index is 6.64. The number of fused-ring (bicyclic) bond motifs is 6. The van der Waals surface area contributed by atoms with Crippen molar-refractivity contribution in [2.45, 2.75) is 0 Å². The van der Waals surface area contributed by atoms with Crippen LogP contribution in [-0.4, -0.2) is 9.55 Å². The molecule has 0 spiro atoms. The van der Waals surface area contributed by atoms with E-state index in [2.05, 4.69) is 185 Å². The molecule has 0 aliphatic rings. The molecule has 57 heavy (non-hydrogen) atoms. The number of nitrogens with zero attached hydrogens (tertiary/aromatic N) is 3. The lowest BCUT2D eigenvalue weighted by molar-refractivity contribution is 0.621. The van der Waals surface area contributed by atoms with Gasteiger partial charge in [-0.05, 0) is 77.0 Å². The average Bonchev–Trinajstić information content (AvgIpc) is 3.88. The van der Waals surface area contributed by atoms with E-state index in [1.165, 1.54) is 27.1 Å². The highest BCUT2D eigenvalue weighted by Gasteiger charge is 2.24. The van der Waals surface area contributed by atoms with E-state index < -0.39 is 0 Å². The van der Waals surface area contributed by atoms with Crippen molar-refractivity contribution in [2.75, 3.05) is 4.90 Å². The van der Waals surface area contributed by atoms with E-state index >= 15 is 0 Å². The molecule has 268 valence electrons. The van der Waals surface area contributed by atoms with E-state index in [0.717, 1.165) is 67.2 Å². The van der Waals surface area contributed by atoms with Crippen LogP contribution in [0.1, 0.15) is 0 Å². The van der Waals surface area contributed by atoms with E-state index in [1.807, 2.05) is 36.4 Å². The van der Waals surface area contributed by atoms with Crippen molar-refractivity contribution in [3.63, 3.8) is 0 Å². The van der Waals surface area contributed by atoms with Gasteiger partial charge in [0.05, 0.1) is 22.4 Å². The van der Waals surface area contributed by atoms with Gasteiger partial charge in [0, 0.05) is 44.4 Å². The molecule has 0 amide bonds. The molecule has 0 unspecified atom stereocenters. The minimum atomic E-state index is 0.605. The summed E-state index contributed by atoms with van der Waals surface area (Å²) in [5, 5.41) is 4.93. The molecule has 0 N–H and O–H groups in total. The lowest BCUT2D eigenvalue weighted by atomic mass is 9.98. The van der Waals surface area contributed by atoms with Crippen LogP contribution >= 0.6 is 0 Å². The Kier molecular flexibility index (Phi) is 7.78. The van der Waals surface area contributed by atoms with Crippen molar-refractivity contribution >= 4 is 60.7 Å². The van der Waals surface area contributed by atoms with Gasteiger partial charge in [-0.1, -0.05) is 152 Å². The summed E-state index contributed by atoms with van der Waals surface area (Å²) in [4.78, 5) is 7.36. The molecular weight excluding hydrogens is 695 g/mol. The second-order valence-electron chi connectivity index (χ2n) is 14.3. The Bertz CT molecular complexity index is 3240. The Morgan fingerprint density at radius 3 is 1.86 bits per heavy atom. The number of benzene rings is 9. The number of hydrogen-bond acceptors (Lipinski definition) is 3. The number of anilines is 3. The van der Waals surface area contributed by atoms with Crippen molar-refractivity contribution in [2.24, 2.45) is 0 Å². The van der Waals surface area contributed by atoms with Gasteiger partial charge in [0.15, 0.2) is 5.58 Å². The zero-order valence-corrected chi connectivity index (χ0v) is 31.0. The summed E-state index contributed by atoms with van der Waals surface area (Å²) in [5.74, 6) is 0.605. The highest BCUT2D eigenvalue weighted by atomic mass is 16.3. The minimum absolute atomic E-state index is 0.605. The molecule has 4 heteroatoms. The summed E-state index contributed by atoms with van der Waals surface area (Å²) in [5.41, 5.74) is 13.4. The first-order chi connectivity index (χ1) is 28.3. The van der Waals surface area contributed by atoms with Crippen LogP contribution in [0.5, 0.6) is 0 Å². The summed E-state index contributed by atoms with van der Waals surface area (Å²) in [7, 11) is 0. The zero-order chi connectivity index (χ0) is 37.7. The van der Waals surface area contributed by atoms with Crippen LogP contribution in [0.15, 0.2) is 217 Å². The van der Waals surface area contributed by atoms with Gasteiger partial charge < -0.3 is 13.9 Å². The molecule has 0 atom stereocenters. The van der Waals surface area contributed by atoms with Crippen LogP contribution in [0.4, 0.5) is 17.1 Å². The first-order valence-corrected chi connectivity index (χ1v) is 19.3. The molecule has 4 nitrogen and oxygen atoms in total. The molecule has 0 fully saturated rings. The Labute approximate surface area is 330 Å². The Hall–Kier alpha value is -7.69. The smallest absolute Gasteiger partial charge is 0.227 e. The average molecular weight is 730 g/mol. The van der Waals surface area contributed by atoms with Gasteiger partial charge in [0.2, 0.25) is 5.89 Å². The summed E-state index contributed by atoms with van der Waals surface area (Å²) < 4.78 is 9.05. The van der Waals surface area contributed by atoms with Crippen LogP contribution in [0.25, 0.3) is 83.1 Å². The van der Waals surface area contributed by atoms with Gasteiger partial charge in [-0.25, -0.2) is 4.98 Å². The molecule has 0 aliphatic heterocycles. The van der Waals surface area contributed by atoms with Crippen LogP contribution < -0.4 is 4.90 Å². The van der Waals surface area contributed by atoms with Gasteiger partial charge in [0.1, 0.15) is 5.52 Å². The molecule has 0 radical (unpaired) electrons. The normalized spacial score (nSPS) is 11.5. The predicted octanol–water partition coefficient (Wildman–Crippen LogP) is 14.5. The molecule has 2 aromatic heterocycles. The Morgan fingerprint density at radius 2 is 1.07 bits per heavy atom. The third kappa shape index (κ3) is 5.50. The molecule has 2 heterocycles. The predicted molar refractivity (Wildman–Crippen MR) is 237 cm³/mol. The van der Waals surface area contributed by atoms with Crippen molar-refractivity contribution < 1.29 is 4.42 Å². The topological polar surface area (TPSA) is 34.2 Å². The summed E-state index contributed by atoms with van der Waals surface area (Å²) in [6, 6.07) is 75.2. The first-order valence-electron chi connectivity index (χ1n) is 19.3. The molecule has 0 bridgehead atoms. The molecule has 9 aromatic carbocycles. The van der Waals surface area contributed by atoms with Crippen LogP contribution in [0.3, 0.4) is 0 Å². The van der Waals surface area contributed by atoms with E-state index in [0.29, 0.717) is 5.89 Å². The fraction of sp³-hybridized carbons (Fsp3) is 0. The number of para-hydroxylation sites is 4. The van der Waals surface area contributed by atoms with Gasteiger partial charge in [-0.2, -0.15) is 0 Å². The van der Waals surface area contributed by atoms with Crippen LogP contribution in [-0.2, 0) is 0 Å². The van der Waals surface area contributed by atoms with Crippen molar-refractivity contribution in [3.8, 4) is 39.4 Å². The third-order valence-corrected chi connectivity index (χ3v) is 11.0. The Balaban J connectivity index is 1.20. The maximum Gasteiger partial charge on any atom is 0.227 e. The Morgan fingerprint density at radius 1 is 0.439 bits per heavy atom. The van der Waals surface area contributed by atoms with Gasteiger partial charge >= 0.3 is 0 Å². The molecule has 0 aliphatic carbocycles. The van der Waals surface area contributed by atoms with Crippen molar-refractivity contribution in [1.29, 1.82) is 0 Å². The minimum Gasteiger partial charge on any atom is -0.435 e. The largest absolute Gasteiger partial charge is 0.435 e. The monoisotopic (exact) mass is 729 g/mol. The van der Waals surface area contributed by atoms with E-state index in [4.69, 9.17) is 9.40 Å². The first kappa shape index (κ1) is 32.7. The second-order valence-corrected chi connectivity index (χ2v) is 14.3. The highest BCUT2D eigenvalue weighted by molar-refractivity contribution is 6.22. The van der Waals surface area contributed by atoms with Crippen LogP contribution in [0, 0.1) is 0 Å². The van der Waals surface area contributed by atoms with E-state index in [-0.39, 0.29) is 0 Å². The maximum absolute atomic E-state index is 6.64. The summed E-state index contributed by atoms with van der Waals surface area (Å²) >= 11 is 0. The lowest BCUT2D eigenvalue weighted by Gasteiger charge is -2.30. The van der Waals surface area contributed by atoms with Crippen molar-refractivity contribution in [3.05, 3.63) is 212 Å². The van der Waals surface area contributed by atoms with Gasteiger partial charge in [-0.15, -0.1) is 0 Å². The number of aromatic nitrogens is 2. The molecule has 0 saturated heterocycles. The second kappa shape index (κ2) is 13.6. The molecule has 11 rings (SSSR count). The van der Waals surface area contributed by atoms with Crippen molar-refractivity contribution in [1.82, 2.24) is 9.55 Å². The lowest BCUT2D eigenvalue weighted by Crippen LogP contribution is -2.12. The molecule has 11 aromatic rings. The number of rotatable bonds is 7. The summed E-state index contributed by atoms with van der Waals surface area (Å²) in [6.07, 6.45) is 0. The fourth-order valence-electron chi connectivity index (χ4n) is 8.47. The molecular formula is C53H35N3O. The SMILES string of the molecule is c1ccc(-c2nc3cccc(-c4ccccc4N(c4ccc5c6c7ccccc7ccc6n(-c6ccccc6)c5c4)c4ccccc4-c4ccccc4)c3o2)cc1. The van der Waals surface area contributed by atoms with Crippen LogP contribution in [0.2, 0.25) is 0 Å². The zero-order valence-electron chi connectivity index (χ0n) is 31.0. The van der Waals surface area contributed by atoms with E-state index in [9.17, 15) is 0 Å². The van der Waals surface area contributed by atoms with E-state index in [1.54, 1.807) is 0 Å². The fourth-order valence-corrected chi connectivity index (χ4v) is 8.47. The third-order valence-electron chi connectivity index (χ3n) is 11.0. The number of hydrogen-bond donors (Lipinski definition) is 0. The van der Waals surface area contributed by atoms with Gasteiger partial charge in [-0.3, -0.25) is 0 Å². The molecule has 0 saturated carbocycles. The summed E-state index contributed by atoms with van der Waals surface area (Å²) in [6.45, 7) is 0. The van der Waals surface area contributed by atoms with Gasteiger partial charge in [0.25, 0.3) is 0 Å².